The SMILES string of the molecule is COc1cc(-c2cc(C)ccc2OC)ccc1O. The number of aryl methyl sites for hydroxylation is 1. The summed E-state index contributed by atoms with van der Waals surface area (Å²) < 4.78 is 10.5. The maximum absolute atomic E-state index is 9.61. The molecule has 2 aromatic rings. The predicted octanol–water partition coefficient (Wildman–Crippen LogP) is 3.38. The van der Waals surface area contributed by atoms with E-state index in [4.69, 9.17) is 9.47 Å². The van der Waals surface area contributed by atoms with E-state index in [9.17, 15) is 5.11 Å². The summed E-state index contributed by atoms with van der Waals surface area (Å²) in [6, 6.07) is 11.2. The molecule has 0 aromatic heterocycles. The molecule has 0 radical (unpaired) electrons. The molecule has 0 unspecified atom stereocenters. The Balaban J connectivity index is 2.57. The minimum atomic E-state index is 0.132. The van der Waals surface area contributed by atoms with Gasteiger partial charge in [0.15, 0.2) is 11.5 Å². The van der Waals surface area contributed by atoms with Gasteiger partial charge in [-0.25, -0.2) is 0 Å². The molecule has 18 heavy (non-hydrogen) atoms. The van der Waals surface area contributed by atoms with Crippen molar-refractivity contribution < 1.29 is 14.6 Å². The van der Waals surface area contributed by atoms with Crippen LogP contribution in [0.3, 0.4) is 0 Å². The first-order valence-electron chi connectivity index (χ1n) is 5.67. The second-order valence-corrected chi connectivity index (χ2v) is 4.09. The monoisotopic (exact) mass is 244 g/mol. The quantitative estimate of drug-likeness (QED) is 0.899. The van der Waals surface area contributed by atoms with Crippen molar-refractivity contribution in [3.63, 3.8) is 0 Å². The van der Waals surface area contributed by atoms with E-state index in [1.54, 1.807) is 19.2 Å². The largest absolute Gasteiger partial charge is 0.504 e. The molecule has 0 saturated heterocycles. The zero-order chi connectivity index (χ0) is 13.1. The third-order valence-electron chi connectivity index (χ3n) is 2.85. The van der Waals surface area contributed by atoms with Gasteiger partial charge in [0.2, 0.25) is 0 Å². The third kappa shape index (κ3) is 2.25. The van der Waals surface area contributed by atoms with Crippen LogP contribution in [-0.2, 0) is 0 Å². The molecule has 0 spiro atoms. The smallest absolute Gasteiger partial charge is 0.161 e. The van der Waals surface area contributed by atoms with Crippen LogP contribution in [0, 0.1) is 6.92 Å². The minimum absolute atomic E-state index is 0.132. The van der Waals surface area contributed by atoms with Crippen molar-refractivity contribution in [1.82, 2.24) is 0 Å². The Kier molecular flexibility index (Phi) is 3.42. The number of methoxy groups -OCH3 is 2. The third-order valence-corrected chi connectivity index (χ3v) is 2.85. The molecule has 0 heterocycles. The summed E-state index contributed by atoms with van der Waals surface area (Å²) in [7, 11) is 3.18. The predicted molar refractivity (Wildman–Crippen MR) is 71.4 cm³/mol. The van der Waals surface area contributed by atoms with E-state index in [0.29, 0.717) is 5.75 Å². The summed E-state index contributed by atoms with van der Waals surface area (Å²) in [6.45, 7) is 2.03. The molecule has 3 heteroatoms. The number of phenolic OH excluding ortho intramolecular Hbond substituents is 1. The highest BCUT2D eigenvalue weighted by atomic mass is 16.5. The maximum atomic E-state index is 9.61. The molecule has 2 rings (SSSR count). The van der Waals surface area contributed by atoms with Crippen LogP contribution in [0.25, 0.3) is 11.1 Å². The number of rotatable bonds is 3. The lowest BCUT2D eigenvalue weighted by atomic mass is 10.0. The molecule has 0 atom stereocenters. The number of hydrogen-bond acceptors (Lipinski definition) is 3. The molecule has 3 nitrogen and oxygen atoms in total. The van der Waals surface area contributed by atoms with Gasteiger partial charge in [-0.05, 0) is 36.8 Å². The van der Waals surface area contributed by atoms with E-state index in [2.05, 4.69) is 0 Å². The highest BCUT2D eigenvalue weighted by Crippen LogP contribution is 2.36. The van der Waals surface area contributed by atoms with Gasteiger partial charge < -0.3 is 14.6 Å². The maximum Gasteiger partial charge on any atom is 0.161 e. The summed E-state index contributed by atoms with van der Waals surface area (Å²) in [6.07, 6.45) is 0. The Bertz CT molecular complexity index is 562. The first-order chi connectivity index (χ1) is 8.65. The molecule has 94 valence electrons. The summed E-state index contributed by atoms with van der Waals surface area (Å²) in [4.78, 5) is 0. The van der Waals surface area contributed by atoms with E-state index in [-0.39, 0.29) is 5.75 Å². The molecule has 0 aliphatic rings. The van der Waals surface area contributed by atoms with Crippen LogP contribution in [0.1, 0.15) is 5.56 Å². The lowest BCUT2D eigenvalue weighted by molar-refractivity contribution is 0.373. The molecular weight excluding hydrogens is 228 g/mol. The van der Waals surface area contributed by atoms with Crippen LogP contribution in [0.5, 0.6) is 17.2 Å². The normalized spacial score (nSPS) is 10.2. The van der Waals surface area contributed by atoms with Crippen molar-refractivity contribution in [3.05, 3.63) is 42.0 Å². The molecule has 0 fully saturated rings. The standard InChI is InChI=1S/C15H16O3/c1-10-4-7-14(17-2)12(8-10)11-5-6-13(16)15(9-11)18-3/h4-9,16H,1-3H3. The number of hydrogen-bond donors (Lipinski definition) is 1. The molecule has 0 saturated carbocycles. The fraction of sp³-hybridized carbons (Fsp3) is 0.200. The van der Waals surface area contributed by atoms with Gasteiger partial charge in [0.05, 0.1) is 14.2 Å². The molecule has 0 amide bonds. The van der Waals surface area contributed by atoms with Gasteiger partial charge in [0.1, 0.15) is 5.75 Å². The second-order valence-electron chi connectivity index (χ2n) is 4.09. The Morgan fingerprint density at radius 2 is 1.61 bits per heavy atom. The van der Waals surface area contributed by atoms with E-state index in [1.165, 1.54) is 7.11 Å². The summed E-state index contributed by atoms with van der Waals surface area (Å²) >= 11 is 0. The van der Waals surface area contributed by atoms with Crippen molar-refractivity contribution in [1.29, 1.82) is 0 Å². The van der Waals surface area contributed by atoms with Gasteiger partial charge in [0, 0.05) is 5.56 Å². The van der Waals surface area contributed by atoms with E-state index < -0.39 is 0 Å². The van der Waals surface area contributed by atoms with Gasteiger partial charge in [-0.15, -0.1) is 0 Å². The molecule has 0 aliphatic heterocycles. The highest BCUT2D eigenvalue weighted by Gasteiger charge is 2.09. The summed E-state index contributed by atoms with van der Waals surface area (Å²) in [5.74, 6) is 1.39. The van der Waals surface area contributed by atoms with Gasteiger partial charge in [-0.3, -0.25) is 0 Å². The Hall–Kier alpha value is -2.16. The summed E-state index contributed by atoms with van der Waals surface area (Å²) in [5, 5.41) is 9.61. The first-order valence-corrected chi connectivity index (χ1v) is 5.67. The zero-order valence-electron chi connectivity index (χ0n) is 10.7. The van der Waals surface area contributed by atoms with Crippen LogP contribution in [0.4, 0.5) is 0 Å². The van der Waals surface area contributed by atoms with Crippen molar-refractivity contribution in [3.8, 4) is 28.4 Å². The van der Waals surface area contributed by atoms with Crippen molar-refractivity contribution >= 4 is 0 Å². The van der Waals surface area contributed by atoms with Gasteiger partial charge >= 0.3 is 0 Å². The van der Waals surface area contributed by atoms with E-state index in [1.807, 2.05) is 31.2 Å². The Labute approximate surface area is 107 Å². The fourth-order valence-electron chi connectivity index (χ4n) is 1.89. The van der Waals surface area contributed by atoms with Crippen LogP contribution in [0.15, 0.2) is 36.4 Å². The van der Waals surface area contributed by atoms with Gasteiger partial charge in [-0.2, -0.15) is 0 Å². The molecule has 0 bridgehead atoms. The van der Waals surface area contributed by atoms with Gasteiger partial charge in [-0.1, -0.05) is 17.7 Å². The molecule has 2 aromatic carbocycles. The minimum Gasteiger partial charge on any atom is -0.504 e. The fourth-order valence-corrected chi connectivity index (χ4v) is 1.89. The zero-order valence-corrected chi connectivity index (χ0v) is 10.7. The topological polar surface area (TPSA) is 38.7 Å². The van der Waals surface area contributed by atoms with E-state index >= 15 is 0 Å². The number of aromatic hydroxyl groups is 1. The van der Waals surface area contributed by atoms with Crippen LogP contribution >= 0.6 is 0 Å². The van der Waals surface area contributed by atoms with E-state index in [0.717, 1.165) is 22.4 Å². The molecule has 0 aliphatic carbocycles. The van der Waals surface area contributed by atoms with Gasteiger partial charge in [0.25, 0.3) is 0 Å². The highest BCUT2D eigenvalue weighted by molar-refractivity contribution is 5.73. The van der Waals surface area contributed by atoms with Crippen molar-refractivity contribution in [2.45, 2.75) is 6.92 Å². The number of benzene rings is 2. The number of ether oxygens (including phenoxy) is 2. The lowest BCUT2D eigenvalue weighted by Crippen LogP contribution is -1.90. The second kappa shape index (κ2) is 5.00. The van der Waals surface area contributed by atoms with Crippen molar-refractivity contribution in [2.24, 2.45) is 0 Å². The Morgan fingerprint density at radius 3 is 2.28 bits per heavy atom. The lowest BCUT2D eigenvalue weighted by Gasteiger charge is -2.11. The van der Waals surface area contributed by atoms with Crippen LogP contribution < -0.4 is 9.47 Å². The average Bonchev–Trinajstić information content (AvgIpc) is 2.39. The Morgan fingerprint density at radius 1 is 0.889 bits per heavy atom. The molecule has 1 N–H and O–H groups in total. The van der Waals surface area contributed by atoms with Crippen LogP contribution in [0.2, 0.25) is 0 Å². The van der Waals surface area contributed by atoms with Crippen molar-refractivity contribution in [2.75, 3.05) is 14.2 Å². The van der Waals surface area contributed by atoms with Crippen LogP contribution in [-0.4, -0.2) is 19.3 Å². The molecular formula is C15H16O3. The first kappa shape index (κ1) is 12.3. The number of phenols is 1. The summed E-state index contributed by atoms with van der Waals surface area (Å²) in [5.41, 5.74) is 3.08. The average molecular weight is 244 g/mol.